The van der Waals surface area contributed by atoms with Crippen molar-refractivity contribution in [1.29, 1.82) is 0 Å². The molecule has 1 heterocycles. The molecular weight excluding hydrogens is 516 g/mol. The Labute approximate surface area is 180 Å². The Kier molecular flexibility index (Phi) is 12.4. The molecule has 1 aliphatic heterocycles. The van der Waals surface area contributed by atoms with Gasteiger partial charge in [-0.3, -0.25) is 4.99 Å². The highest BCUT2D eigenvalue weighted by Crippen LogP contribution is 2.16. The van der Waals surface area contributed by atoms with Crippen LogP contribution in [0.15, 0.2) is 27.7 Å². The zero-order chi connectivity index (χ0) is 17.9. The summed E-state index contributed by atoms with van der Waals surface area (Å²) < 4.78 is 25.6. The number of rotatable bonds is 9. The molecule has 1 aromatic carbocycles. The van der Waals surface area contributed by atoms with E-state index in [9.17, 15) is 4.39 Å². The molecule has 0 radical (unpaired) electrons. The maximum absolute atomic E-state index is 13.7. The van der Waals surface area contributed by atoms with Gasteiger partial charge in [-0.2, -0.15) is 0 Å². The number of aliphatic imine (C=N–C) groups is 1. The molecule has 0 amide bonds. The topological polar surface area (TPSA) is 54.9 Å². The second-order valence-corrected chi connectivity index (χ2v) is 6.89. The molecule has 0 bridgehead atoms. The second kappa shape index (κ2) is 13.7. The quantitative estimate of drug-likeness (QED) is 0.217. The summed E-state index contributed by atoms with van der Waals surface area (Å²) in [5.41, 5.74) is 0.732. The maximum Gasteiger partial charge on any atom is 0.191 e. The summed E-state index contributed by atoms with van der Waals surface area (Å²) in [6, 6.07) is 5.18. The normalized spacial score (nSPS) is 17.0. The van der Waals surface area contributed by atoms with Gasteiger partial charge in [-0.1, -0.05) is 22.0 Å². The molecule has 1 atom stereocenters. The van der Waals surface area contributed by atoms with Crippen molar-refractivity contribution in [3.05, 3.63) is 34.1 Å². The Morgan fingerprint density at radius 2 is 2.19 bits per heavy atom. The zero-order valence-electron chi connectivity index (χ0n) is 15.1. The number of ether oxygens (including phenoxy) is 2. The van der Waals surface area contributed by atoms with Gasteiger partial charge in [-0.15, -0.1) is 24.0 Å². The lowest BCUT2D eigenvalue weighted by Crippen LogP contribution is -2.39. The maximum atomic E-state index is 13.7. The average molecular weight is 544 g/mol. The molecule has 148 valence electrons. The second-order valence-electron chi connectivity index (χ2n) is 5.97. The van der Waals surface area contributed by atoms with E-state index in [-0.39, 0.29) is 35.9 Å². The van der Waals surface area contributed by atoms with Gasteiger partial charge in [0.1, 0.15) is 5.82 Å². The highest BCUT2D eigenvalue weighted by Gasteiger charge is 2.14. The highest BCUT2D eigenvalue weighted by molar-refractivity contribution is 14.0. The van der Waals surface area contributed by atoms with E-state index in [1.165, 1.54) is 6.07 Å². The average Bonchev–Trinajstić information content (AvgIpc) is 3.11. The van der Waals surface area contributed by atoms with Crippen LogP contribution in [0.3, 0.4) is 0 Å². The van der Waals surface area contributed by atoms with E-state index in [0.29, 0.717) is 26.2 Å². The monoisotopic (exact) mass is 543 g/mol. The van der Waals surface area contributed by atoms with E-state index in [1.807, 2.05) is 12.1 Å². The number of aryl methyl sites for hydroxylation is 1. The summed E-state index contributed by atoms with van der Waals surface area (Å²) in [4.78, 5) is 4.17. The minimum atomic E-state index is -0.166. The van der Waals surface area contributed by atoms with Gasteiger partial charge in [0.15, 0.2) is 5.96 Å². The summed E-state index contributed by atoms with van der Waals surface area (Å²) in [5, 5.41) is 6.43. The SMILES string of the molecule is CN=C(NCCCc1ccc(Br)cc1F)NCCOCC1CCCO1.I. The van der Waals surface area contributed by atoms with Crippen LogP contribution in [0.1, 0.15) is 24.8 Å². The Morgan fingerprint density at radius 1 is 1.38 bits per heavy atom. The molecule has 1 aliphatic rings. The third kappa shape index (κ3) is 8.96. The predicted molar refractivity (Wildman–Crippen MR) is 117 cm³/mol. The van der Waals surface area contributed by atoms with Crippen LogP contribution in [0.5, 0.6) is 0 Å². The lowest BCUT2D eigenvalue weighted by atomic mass is 10.1. The van der Waals surface area contributed by atoms with Gasteiger partial charge in [0.05, 0.1) is 19.3 Å². The van der Waals surface area contributed by atoms with Crippen molar-refractivity contribution >= 4 is 45.9 Å². The minimum Gasteiger partial charge on any atom is -0.377 e. The number of hydrogen-bond acceptors (Lipinski definition) is 3. The van der Waals surface area contributed by atoms with Gasteiger partial charge >= 0.3 is 0 Å². The number of hydrogen-bond donors (Lipinski definition) is 2. The Morgan fingerprint density at radius 3 is 2.88 bits per heavy atom. The summed E-state index contributed by atoms with van der Waals surface area (Å²) in [6.45, 7) is 3.55. The van der Waals surface area contributed by atoms with Crippen molar-refractivity contribution in [2.45, 2.75) is 31.8 Å². The number of benzene rings is 1. The minimum absolute atomic E-state index is 0. The Bertz CT molecular complexity index is 557. The first-order valence-electron chi connectivity index (χ1n) is 8.77. The largest absolute Gasteiger partial charge is 0.377 e. The Hall–Kier alpha value is -0.450. The smallest absolute Gasteiger partial charge is 0.191 e. The van der Waals surface area contributed by atoms with Crippen LogP contribution in [0.2, 0.25) is 0 Å². The third-order valence-electron chi connectivity index (χ3n) is 4.02. The van der Waals surface area contributed by atoms with Crippen molar-refractivity contribution < 1.29 is 13.9 Å². The molecule has 0 spiro atoms. The number of halogens is 3. The van der Waals surface area contributed by atoms with Crippen LogP contribution in [0.25, 0.3) is 0 Å². The lowest BCUT2D eigenvalue weighted by molar-refractivity contribution is 0.0191. The number of nitrogens with zero attached hydrogens (tertiary/aromatic N) is 1. The van der Waals surface area contributed by atoms with Crippen LogP contribution in [-0.4, -0.2) is 52.0 Å². The van der Waals surface area contributed by atoms with Crippen molar-refractivity contribution in [2.24, 2.45) is 4.99 Å². The van der Waals surface area contributed by atoms with Crippen molar-refractivity contribution in [3.8, 4) is 0 Å². The van der Waals surface area contributed by atoms with E-state index in [2.05, 4.69) is 31.6 Å². The standard InChI is InChI=1S/C18H27BrFN3O2.HI/c1-21-18(23-9-11-24-13-16-5-3-10-25-16)22-8-2-4-14-6-7-15(19)12-17(14)20;/h6-7,12,16H,2-5,8-11,13H2,1H3,(H2,21,22,23);1H. The first kappa shape index (κ1) is 23.6. The number of guanidine groups is 1. The van der Waals surface area contributed by atoms with Gasteiger partial charge in [0.25, 0.3) is 0 Å². The van der Waals surface area contributed by atoms with Crippen molar-refractivity contribution in [3.63, 3.8) is 0 Å². The first-order chi connectivity index (χ1) is 12.2. The highest BCUT2D eigenvalue weighted by atomic mass is 127. The summed E-state index contributed by atoms with van der Waals surface area (Å²) in [7, 11) is 1.73. The molecule has 0 aliphatic carbocycles. The van der Waals surface area contributed by atoms with Gasteiger partial charge in [-0.25, -0.2) is 4.39 Å². The molecule has 0 saturated carbocycles. The molecule has 5 nitrogen and oxygen atoms in total. The molecule has 8 heteroatoms. The van der Waals surface area contributed by atoms with Crippen LogP contribution in [0.4, 0.5) is 4.39 Å². The molecule has 26 heavy (non-hydrogen) atoms. The number of nitrogens with one attached hydrogen (secondary N) is 2. The van der Waals surface area contributed by atoms with E-state index in [0.717, 1.165) is 48.4 Å². The molecule has 0 aromatic heterocycles. The molecule has 2 N–H and O–H groups in total. The van der Waals surface area contributed by atoms with E-state index < -0.39 is 0 Å². The first-order valence-corrected chi connectivity index (χ1v) is 9.56. The molecule has 1 fully saturated rings. The van der Waals surface area contributed by atoms with Crippen LogP contribution >= 0.6 is 39.9 Å². The summed E-state index contributed by atoms with van der Waals surface area (Å²) in [6.07, 6.45) is 4.00. The van der Waals surface area contributed by atoms with Gasteiger partial charge in [0.2, 0.25) is 0 Å². The van der Waals surface area contributed by atoms with E-state index >= 15 is 0 Å². The molecule has 2 rings (SSSR count). The fourth-order valence-electron chi connectivity index (χ4n) is 2.66. The third-order valence-corrected chi connectivity index (χ3v) is 4.51. The molecular formula is C18H28BrFIN3O2. The summed E-state index contributed by atoms with van der Waals surface area (Å²) in [5.74, 6) is 0.567. The molecule has 1 saturated heterocycles. The van der Waals surface area contributed by atoms with E-state index in [4.69, 9.17) is 9.47 Å². The Balaban J connectivity index is 0.00000338. The fourth-order valence-corrected chi connectivity index (χ4v) is 3.00. The van der Waals surface area contributed by atoms with Crippen molar-refractivity contribution in [2.75, 3.05) is 40.0 Å². The van der Waals surface area contributed by atoms with Gasteiger partial charge in [-0.05, 0) is 43.4 Å². The predicted octanol–water partition coefficient (Wildman–Crippen LogP) is 3.50. The molecule has 1 aromatic rings. The van der Waals surface area contributed by atoms with Crippen LogP contribution in [0, 0.1) is 5.82 Å². The van der Waals surface area contributed by atoms with Crippen molar-refractivity contribution in [1.82, 2.24) is 10.6 Å². The van der Waals surface area contributed by atoms with Crippen LogP contribution < -0.4 is 10.6 Å². The van der Waals surface area contributed by atoms with Gasteiger partial charge < -0.3 is 20.1 Å². The zero-order valence-corrected chi connectivity index (χ0v) is 19.0. The molecule has 1 unspecified atom stereocenters. The summed E-state index contributed by atoms with van der Waals surface area (Å²) >= 11 is 3.27. The fraction of sp³-hybridized carbons (Fsp3) is 0.611. The van der Waals surface area contributed by atoms with E-state index in [1.54, 1.807) is 7.05 Å². The lowest BCUT2D eigenvalue weighted by Gasteiger charge is -2.13. The van der Waals surface area contributed by atoms with Crippen LogP contribution in [-0.2, 0) is 15.9 Å². The van der Waals surface area contributed by atoms with Gasteiger partial charge in [0, 0.05) is 31.2 Å².